The van der Waals surface area contributed by atoms with Gasteiger partial charge in [-0.2, -0.15) is 0 Å². The van der Waals surface area contributed by atoms with Crippen molar-refractivity contribution in [3.8, 4) is 11.5 Å². The number of esters is 1. The molecular formula is C46H59ClN4O8S2Si. The number of phenolic OH excluding ortho intramolecular Hbond substituents is 1. The minimum atomic E-state index is -2.28. The van der Waals surface area contributed by atoms with E-state index in [9.17, 15) is 24.6 Å². The molecule has 12 nitrogen and oxygen atoms in total. The molecule has 1 fully saturated rings. The molecule has 0 unspecified atom stereocenters. The standard InChI is InChI=1S/C46H59ClN4O8S2Si/c1-45(2,3)62(6,7)59-38(32-18-20-36(52)43-33(32)19-21-42(54)50-43)28-48-27-29-25-34(47)35(26-37(29)57-5)49-41(53)13-8-22-51(4)30-14-16-31(17-15-30)58-44(55)46(56,39-11-9-23-60-39)40-12-10-24-61-40/h9-12,18-21,23-26,30-31,38,48,52,56H,8,13-17,22,27-28H2,1-7H3,(H,49,53)(H,50,54)/t30?,31?,38-/m0/s1. The Kier molecular flexibility index (Phi) is 15.4. The molecule has 62 heavy (non-hydrogen) atoms. The number of amides is 1. The number of aromatic nitrogens is 1. The normalized spacial score (nSPS) is 16.7. The minimum absolute atomic E-state index is 0.00767. The number of H-pyrrole nitrogens is 1. The molecule has 5 N–H and O–H groups in total. The van der Waals surface area contributed by atoms with Gasteiger partial charge in [-0.05, 0) is 110 Å². The average Bonchev–Trinajstić information content (AvgIpc) is 3.98. The summed E-state index contributed by atoms with van der Waals surface area (Å²) in [6.07, 6.45) is 3.36. The van der Waals surface area contributed by atoms with Gasteiger partial charge in [0.15, 0.2) is 8.32 Å². The van der Waals surface area contributed by atoms with Gasteiger partial charge in [0.05, 0.1) is 39.2 Å². The van der Waals surface area contributed by atoms with E-state index in [4.69, 9.17) is 25.5 Å². The van der Waals surface area contributed by atoms with Gasteiger partial charge in [0.1, 0.15) is 17.6 Å². The fourth-order valence-corrected chi connectivity index (χ4v) is 10.9. The largest absolute Gasteiger partial charge is 0.506 e. The third-order valence-electron chi connectivity index (χ3n) is 12.3. The maximum Gasteiger partial charge on any atom is 0.349 e. The molecular weight excluding hydrogens is 864 g/mol. The van der Waals surface area contributed by atoms with Crippen molar-refractivity contribution in [2.24, 2.45) is 0 Å². The Hall–Kier alpha value is -4.06. The monoisotopic (exact) mass is 922 g/mol. The highest BCUT2D eigenvalue weighted by atomic mass is 35.5. The number of hydrogen-bond donors (Lipinski definition) is 5. The smallest absolute Gasteiger partial charge is 0.349 e. The summed E-state index contributed by atoms with van der Waals surface area (Å²) < 4.78 is 18.6. The number of carbonyl (C=O) groups is 2. The van der Waals surface area contributed by atoms with Gasteiger partial charge in [-0.25, -0.2) is 4.79 Å². The quantitative estimate of drug-likeness (QED) is 0.0423. The van der Waals surface area contributed by atoms with Crippen LogP contribution in [0.4, 0.5) is 5.69 Å². The fraction of sp³-hybridized carbons (Fsp3) is 0.457. The van der Waals surface area contributed by atoms with Crippen molar-refractivity contribution >= 4 is 71.1 Å². The number of rotatable bonds is 18. The zero-order chi connectivity index (χ0) is 44.8. The molecule has 1 aliphatic rings. The number of ether oxygens (including phenoxy) is 2. The van der Waals surface area contributed by atoms with Crippen LogP contribution in [-0.4, -0.2) is 79.7 Å². The number of nitrogens with zero attached hydrogens (tertiary/aromatic N) is 1. The summed E-state index contributed by atoms with van der Waals surface area (Å²) in [5, 5.41) is 33.4. The van der Waals surface area contributed by atoms with Crippen LogP contribution in [0, 0.1) is 0 Å². The predicted molar refractivity (Wildman–Crippen MR) is 251 cm³/mol. The van der Waals surface area contributed by atoms with Gasteiger partial charge >= 0.3 is 5.97 Å². The topological polar surface area (TPSA) is 162 Å². The van der Waals surface area contributed by atoms with Crippen molar-refractivity contribution < 1.29 is 33.7 Å². The predicted octanol–water partition coefficient (Wildman–Crippen LogP) is 9.31. The lowest BCUT2D eigenvalue weighted by molar-refractivity contribution is -0.169. The number of phenols is 1. The Morgan fingerprint density at radius 1 is 1.02 bits per heavy atom. The van der Waals surface area contributed by atoms with E-state index in [0.717, 1.165) is 30.5 Å². The number of anilines is 1. The maximum absolute atomic E-state index is 13.4. The van der Waals surface area contributed by atoms with Gasteiger partial charge in [-0.3, -0.25) is 9.59 Å². The summed E-state index contributed by atoms with van der Waals surface area (Å²) in [6.45, 7) is 12.5. The number of carbonyl (C=O) groups excluding carboxylic acids is 2. The molecule has 0 bridgehead atoms. The van der Waals surface area contributed by atoms with Crippen LogP contribution in [0.1, 0.15) is 86.3 Å². The first-order valence-corrected chi connectivity index (χ1v) is 26.1. The molecule has 3 aromatic heterocycles. The number of nitrogens with one attached hydrogen (secondary N) is 3. The molecule has 0 aliphatic heterocycles. The molecule has 16 heteroatoms. The van der Waals surface area contributed by atoms with Crippen LogP contribution in [0.25, 0.3) is 10.9 Å². The van der Waals surface area contributed by atoms with Crippen molar-refractivity contribution in [3.05, 3.63) is 108 Å². The van der Waals surface area contributed by atoms with Crippen LogP contribution < -0.4 is 20.9 Å². The van der Waals surface area contributed by atoms with E-state index in [0.29, 0.717) is 81.9 Å². The Morgan fingerprint density at radius 3 is 2.31 bits per heavy atom. The van der Waals surface area contributed by atoms with Crippen molar-refractivity contribution in [3.63, 3.8) is 0 Å². The second-order valence-corrected chi connectivity index (χ2v) is 24.6. The van der Waals surface area contributed by atoms with Crippen LogP contribution in [0.15, 0.2) is 76.2 Å². The molecule has 2 aromatic carbocycles. The minimum Gasteiger partial charge on any atom is -0.506 e. The second-order valence-electron chi connectivity index (χ2n) is 17.6. The first-order valence-electron chi connectivity index (χ1n) is 21.0. The molecule has 0 saturated heterocycles. The van der Waals surface area contributed by atoms with Crippen LogP contribution in [0.5, 0.6) is 11.5 Å². The van der Waals surface area contributed by atoms with Gasteiger partial charge in [0.2, 0.25) is 17.1 Å². The molecule has 1 atom stereocenters. The van der Waals surface area contributed by atoms with Crippen LogP contribution >= 0.6 is 34.3 Å². The summed E-state index contributed by atoms with van der Waals surface area (Å²) in [6, 6.07) is 17.6. The van der Waals surface area contributed by atoms with Gasteiger partial charge in [0, 0.05) is 48.6 Å². The molecule has 0 radical (unpaired) electrons. The summed E-state index contributed by atoms with van der Waals surface area (Å²) in [4.78, 5) is 44.8. The summed E-state index contributed by atoms with van der Waals surface area (Å²) in [5.74, 6) is -0.227. The number of pyridine rings is 1. The van der Waals surface area contributed by atoms with E-state index in [1.165, 1.54) is 28.7 Å². The van der Waals surface area contributed by atoms with E-state index in [1.807, 2.05) is 29.0 Å². The van der Waals surface area contributed by atoms with E-state index < -0.39 is 26.0 Å². The van der Waals surface area contributed by atoms with E-state index >= 15 is 0 Å². The van der Waals surface area contributed by atoms with E-state index in [1.54, 1.807) is 43.5 Å². The lowest BCUT2D eigenvalue weighted by Gasteiger charge is -2.39. The zero-order valence-corrected chi connectivity index (χ0v) is 39.9. The van der Waals surface area contributed by atoms with Crippen LogP contribution in [0.2, 0.25) is 23.2 Å². The number of aromatic amines is 1. The maximum atomic E-state index is 13.4. The van der Waals surface area contributed by atoms with Crippen molar-refractivity contribution in [1.82, 2.24) is 15.2 Å². The number of halogens is 1. The molecule has 5 aromatic rings. The zero-order valence-electron chi connectivity index (χ0n) is 36.5. The first-order chi connectivity index (χ1) is 29.4. The number of thiophene rings is 2. The van der Waals surface area contributed by atoms with Crippen LogP contribution in [0.3, 0.4) is 0 Å². The Labute approximate surface area is 377 Å². The molecule has 1 aliphatic carbocycles. The molecule has 1 amide bonds. The third-order valence-corrected chi connectivity index (χ3v) is 19.0. The molecule has 3 heterocycles. The number of benzene rings is 2. The number of methoxy groups -OCH3 is 1. The molecule has 6 rings (SSSR count). The Morgan fingerprint density at radius 2 is 1.69 bits per heavy atom. The highest BCUT2D eigenvalue weighted by Crippen LogP contribution is 2.42. The number of aliphatic hydroxyl groups is 1. The van der Waals surface area contributed by atoms with E-state index in [-0.39, 0.29) is 28.4 Å². The van der Waals surface area contributed by atoms with Crippen LogP contribution in [-0.2, 0) is 30.9 Å². The highest BCUT2D eigenvalue weighted by molar-refractivity contribution is 7.12. The van der Waals surface area contributed by atoms with Crippen molar-refractivity contribution in [2.45, 2.75) is 108 Å². The van der Waals surface area contributed by atoms with Gasteiger partial charge in [0.25, 0.3) is 0 Å². The Bertz CT molecular complexity index is 2320. The van der Waals surface area contributed by atoms with Gasteiger partial charge in [-0.1, -0.05) is 50.6 Å². The summed E-state index contributed by atoms with van der Waals surface area (Å²) in [5.41, 5.74) is 0.368. The molecule has 334 valence electrons. The Balaban J connectivity index is 0.998. The van der Waals surface area contributed by atoms with Gasteiger partial charge in [-0.15, -0.1) is 22.7 Å². The average molecular weight is 924 g/mol. The number of hydrogen-bond acceptors (Lipinski definition) is 12. The fourth-order valence-electron chi connectivity index (χ4n) is 7.66. The lowest BCUT2D eigenvalue weighted by Crippen LogP contribution is -2.43. The highest BCUT2D eigenvalue weighted by Gasteiger charge is 2.45. The van der Waals surface area contributed by atoms with Gasteiger partial charge < -0.3 is 44.6 Å². The van der Waals surface area contributed by atoms with Crippen molar-refractivity contribution in [2.75, 3.05) is 32.6 Å². The molecule has 1 saturated carbocycles. The summed E-state index contributed by atoms with van der Waals surface area (Å²) >= 11 is 9.42. The van der Waals surface area contributed by atoms with E-state index in [2.05, 4.69) is 61.4 Å². The SMILES string of the molecule is COc1cc(NC(=O)CCCN(C)C2CCC(OC(=O)C(O)(c3cccs3)c3cccs3)CC2)c(Cl)cc1CNC[C@H](O[Si](C)(C)C(C)(C)C)c1ccc(O)c2[nH]c(=O)ccc12. The number of aromatic hydroxyl groups is 1. The second kappa shape index (κ2) is 20.2. The lowest BCUT2D eigenvalue weighted by atomic mass is 9.91. The summed E-state index contributed by atoms with van der Waals surface area (Å²) in [7, 11) is 1.36. The third kappa shape index (κ3) is 11.0. The van der Waals surface area contributed by atoms with Crippen molar-refractivity contribution in [1.29, 1.82) is 0 Å². The molecule has 0 spiro atoms. The first kappa shape index (κ1) is 47.4. The number of fused-ring (bicyclic) bond motifs is 1.